The van der Waals surface area contributed by atoms with Crippen molar-refractivity contribution in [3.8, 4) is 11.5 Å². The van der Waals surface area contributed by atoms with E-state index in [0.29, 0.717) is 52.7 Å². The third-order valence-corrected chi connectivity index (χ3v) is 6.40. The molecule has 0 aromatic heterocycles. The summed E-state index contributed by atoms with van der Waals surface area (Å²) in [5.41, 5.74) is 0. The fourth-order valence-corrected chi connectivity index (χ4v) is 4.42. The van der Waals surface area contributed by atoms with Crippen LogP contribution in [0.25, 0.3) is 0 Å². The lowest BCUT2D eigenvalue weighted by molar-refractivity contribution is -0.597. The van der Waals surface area contributed by atoms with Crippen LogP contribution in [-0.2, 0) is 14.2 Å². The first-order valence-electron chi connectivity index (χ1n) is 9.67. The SMILES string of the molecule is COCCOCCOc1ccc([I+]c2ccc(OCCOCCCO)cc2)cc1. The van der Waals surface area contributed by atoms with Gasteiger partial charge >= 0.3 is 21.2 Å². The van der Waals surface area contributed by atoms with Crippen molar-refractivity contribution < 1.29 is 50.0 Å². The van der Waals surface area contributed by atoms with Crippen LogP contribution in [-0.4, -0.2) is 65.1 Å². The Morgan fingerprint density at radius 1 is 0.655 bits per heavy atom. The second-order valence-corrected chi connectivity index (χ2v) is 9.02. The lowest BCUT2D eigenvalue weighted by atomic mass is 10.3. The number of hydrogen-bond acceptors (Lipinski definition) is 6. The summed E-state index contributed by atoms with van der Waals surface area (Å²) in [6, 6.07) is 16.5. The molecule has 0 heterocycles. The van der Waals surface area contributed by atoms with E-state index in [9.17, 15) is 0 Å². The van der Waals surface area contributed by atoms with Gasteiger partial charge in [0.2, 0.25) is 0 Å². The predicted octanol–water partition coefficient (Wildman–Crippen LogP) is -0.365. The van der Waals surface area contributed by atoms with Gasteiger partial charge in [-0.25, -0.2) is 0 Å². The number of methoxy groups -OCH3 is 1. The largest absolute Gasteiger partial charge is 0.491 e. The first-order chi connectivity index (χ1) is 14.3. The van der Waals surface area contributed by atoms with Gasteiger partial charge in [0.25, 0.3) is 0 Å². The Morgan fingerprint density at radius 2 is 1.14 bits per heavy atom. The summed E-state index contributed by atoms with van der Waals surface area (Å²) in [5.74, 6) is 1.71. The summed E-state index contributed by atoms with van der Waals surface area (Å²) < 4.78 is 29.7. The molecule has 0 saturated heterocycles. The van der Waals surface area contributed by atoms with Crippen LogP contribution in [0, 0.1) is 7.14 Å². The van der Waals surface area contributed by atoms with Gasteiger partial charge < -0.3 is 28.8 Å². The smallest absolute Gasteiger partial charge is 0.357 e. The van der Waals surface area contributed by atoms with Crippen LogP contribution in [0.15, 0.2) is 48.5 Å². The highest BCUT2D eigenvalue weighted by Crippen LogP contribution is 2.09. The highest BCUT2D eigenvalue weighted by atomic mass is 127. The quantitative estimate of drug-likeness (QED) is 0.243. The topological polar surface area (TPSA) is 66.4 Å². The molecule has 6 nitrogen and oxygen atoms in total. The third-order valence-electron chi connectivity index (χ3n) is 3.72. The van der Waals surface area contributed by atoms with Crippen LogP contribution in [0.2, 0.25) is 0 Å². The zero-order valence-electron chi connectivity index (χ0n) is 16.8. The van der Waals surface area contributed by atoms with Crippen molar-refractivity contribution in [2.45, 2.75) is 6.42 Å². The molecule has 29 heavy (non-hydrogen) atoms. The van der Waals surface area contributed by atoms with E-state index in [4.69, 9.17) is 28.8 Å². The molecule has 2 aromatic rings. The zero-order valence-corrected chi connectivity index (χ0v) is 19.0. The van der Waals surface area contributed by atoms with Crippen molar-refractivity contribution in [2.24, 2.45) is 0 Å². The lowest BCUT2D eigenvalue weighted by Crippen LogP contribution is -3.61. The van der Waals surface area contributed by atoms with Gasteiger partial charge in [-0.05, 0) is 55.0 Å². The predicted molar refractivity (Wildman–Crippen MR) is 106 cm³/mol. The second-order valence-electron chi connectivity index (χ2n) is 5.99. The molecule has 0 atom stereocenters. The van der Waals surface area contributed by atoms with Crippen LogP contribution in [0.5, 0.6) is 11.5 Å². The number of rotatable bonds is 16. The maximum Gasteiger partial charge on any atom is 0.357 e. The van der Waals surface area contributed by atoms with Gasteiger partial charge in [-0.1, -0.05) is 0 Å². The van der Waals surface area contributed by atoms with Gasteiger partial charge in [0.05, 0.1) is 26.4 Å². The van der Waals surface area contributed by atoms with Gasteiger partial charge in [0.15, 0.2) is 7.14 Å². The normalized spacial score (nSPS) is 10.8. The second kappa shape index (κ2) is 15.4. The average molecular weight is 517 g/mol. The average Bonchev–Trinajstić information content (AvgIpc) is 2.75. The maximum atomic E-state index is 8.69. The molecule has 0 spiro atoms. The molecule has 7 heteroatoms. The Kier molecular flexibility index (Phi) is 12.7. The standard InChI is InChI=1S/C22H30IO6/c1-25-13-14-27-16-18-29-22-9-5-20(6-10-22)23-19-3-7-21(8-4-19)28-17-15-26-12-2-11-24/h3-10,24H,2,11-18H2,1H3/q+1. The van der Waals surface area contributed by atoms with E-state index >= 15 is 0 Å². The van der Waals surface area contributed by atoms with Gasteiger partial charge in [0, 0.05) is 20.3 Å². The number of aliphatic hydroxyl groups excluding tert-OH is 1. The van der Waals surface area contributed by atoms with E-state index in [1.165, 1.54) is 7.14 Å². The molecule has 160 valence electrons. The van der Waals surface area contributed by atoms with Gasteiger partial charge in [-0.2, -0.15) is 0 Å². The Morgan fingerprint density at radius 3 is 1.62 bits per heavy atom. The molecule has 2 rings (SSSR count). The van der Waals surface area contributed by atoms with E-state index in [2.05, 4.69) is 24.3 Å². The van der Waals surface area contributed by atoms with Crippen molar-refractivity contribution in [3.05, 3.63) is 55.7 Å². The number of ether oxygens (including phenoxy) is 5. The minimum Gasteiger partial charge on any atom is -0.491 e. The summed E-state index contributed by atoms with van der Waals surface area (Å²) in [6.07, 6.45) is 0.661. The zero-order chi connectivity index (χ0) is 20.6. The molecule has 0 saturated carbocycles. The summed E-state index contributed by atoms with van der Waals surface area (Å²) in [4.78, 5) is 0. The van der Waals surface area contributed by atoms with Crippen LogP contribution < -0.4 is 30.7 Å². The van der Waals surface area contributed by atoms with E-state index in [0.717, 1.165) is 11.5 Å². The van der Waals surface area contributed by atoms with Crippen molar-refractivity contribution >= 4 is 0 Å². The molecule has 0 fully saturated rings. The molecule has 0 bridgehead atoms. The van der Waals surface area contributed by atoms with E-state index < -0.39 is 0 Å². The molecule has 0 aliphatic rings. The Hall–Kier alpha value is -1.39. The highest BCUT2D eigenvalue weighted by molar-refractivity contribution is 5.22. The maximum absolute atomic E-state index is 8.69. The minimum absolute atomic E-state index is 0.158. The van der Waals surface area contributed by atoms with Crippen molar-refractivity contribution in [3.63, 3.8) is 0 Å². The molecule has 0 radical (unpaired) electrons. The van der Waals surface area contributed by atoms with E-state index in [-0.39, 0.29) is 27.8 Å². The molecule has 0 unspecified atom stereocenters. The number of benzene rings is 2. The summed E-state index contributed by atoms with van der Waals surface area (Å²) >= 11 is -0.243. The number of halogens is 1. The first kappa shape index (κ1) is 23.9. The molecular weight excluding hydrogens is 487 g/mol. The van der Waals surface area contributed by atoms with Crippen LogP contribution in [0.1, 0.15) is 6.42 Å². The summed E-state index contributed by atoms with van der Waals surface area (Å²) in [5, 5.41) is 8.69. The molecular formula is C22H30IO6+. The summed E-state index contributed by atoms with van der Waals surface area (Å²) in [6.45, 7) is 4.05. The number of aliphatic hydroxyl groups is 1. The fourth-order valence-electron chi connectivity index (χ4n) is 2.26. The Bertz CT molecular complexity index is 590. The fraction of sp³-hybridized carbons (Fsp3) is 0.455. The monoisotopic (exact) mass is 517 g/mol. The van der Waals surface area contributed by atoms with Crippen molar-refractivity contribution in [2.75, 3.05) is 60.0 Å². The van der Waals surface area contributed by atoms with Crippen LogP contribution >= 0.6 is 0 Å². The Labute approximate surface area is 183 Å². The van der Waals surface area contributed by atoms with Crippen molar-refractivity contribution in [1.29, 1.82) is 0 Å². The number of hydrogen-bond donors (Lipinski definition) is 1. The third kappa shape index (κ3) is 10.8. The van der Waals surface area contributed by atoms with Crippen LogP contribution in [0.4, 0.5) is 0 Å². The van der Waals surface area contributed by atoms with E-state index in [1.54, 1.807) is 7.11 Å². The minimum atomic E-state index is -0.243. The van der Waals surface area contributed by atoms with Gasteiger partial charge in [-0.15, -0.1) is 0 Å². The Balaban J connectivity index is 1.66. The highest BCUT2D eigenvalue weighted by Gasteiger charge is 2.15. The van der Waals surface area contributed by atoms with Crippen molar-refractivity contribution in [1.82, 2.24) is 0 Å². The van der Waals surface area contributed by atoms with Crippen LogP contribution in [0.3, 0.4) is 0 Å². The molecule has 0 aliphatic carbocycles. The molecule has 0 amide bonds. The van der Waals surface area contributed by atoms with Gasteiger partial charge in [0.1, 0.15) is 24.7 Å². The molecule has 2 aromatic carbocycles. The summed E-state index contributed by atoms with van der Waals surface area (Å²) in [7, 11) is 1.66. The molecule has 0 aliphatic heterocycles. The van der Waals surface area contributed by atoms with Gasteiger partial charge in [-0.3, -0.25) is 0 Å². The lowest BCUT2D eigenvalue weighted by Gasteiger charge is -2.06. The first-order valence-corrected chi connectivity index (χ1v) is 11.8. The van der Waals surface area contributed by atoms with E-state index in [1.807, 2.05) is 24.3 Å². The molecule has 1 N–H and O–H groups in total.